The maximum Gasteiger partial charge on any atom is 0.414 e. The molecule has 1 amide bonds. The molecule has 0 spiro atoms. The molecule has 2 aliphatic rings. The number of hydrogen-bond acceptors (Lipinski definition) is 7. The van der Waals surface area contributed by atoms with Crippen molar-refractivity contribution in [2.45, 2.75) is 37.6 Å². The van der Waals surface area contributed by atoms with E-state index in [0.29, 0.717) is 58.7 Å². The lowest BCUT2D eigenvalue weighted by Gasteiger charge is -2.33. The molecule has 0 bridgehead atoms. The Bertz CT molecular complexity index is 1120. The van der Waals surface area contributed by atoms with Gasteiger partial charge in [-0.05, 0) is 44.3 Å². The molecule has 0 aromatic heterocycles. The first kappa shape index (κ1) is 30.9. The van der Waals surface area contributed by atoms with Gasteiger partial charge in [0.15, 0.2) is 17.4 Å². The summed E-state index contributed by atoms with van der Waals surface area (Å²) in [6.45, 7) is 3.23. The second kappa shape index (κ2) is 14.7. The molecule has 12 heteroatoms. The summed E-state index contributed by atoms with van der Waals surface area (Å²) < 4.78 is 44.7. The Kier molecular flexibility index (Phi) is 11.4. The molecule has 2 aliphatic heterocycles. The van der Waals surface area contributed by atoms with Gasteiger partial charge in [-0.2, -0.15) is 0 Å². The lowest BCUT2D eigenvalue weighted by atomic mass is 10.0. The van der Waals surface area contributed by atoms with Crippen molar-refractivity contribution in [2.24, 2.45) is 0 Å². The molecule has 4 rings (SSSR count). The predicted octanol–water partition coefficient (Wildman–Crippen LogP) is 3.10. The summed E-state index contributed by atoms with van der Waals surface area (Å²) in [5.41, 5.74) is 0.811. The molecule has 0 aliphatic carbocycles. The van der Waals surface area contributed by atoms with Gasteiger partial charge in [-0.1, -0.05) is 24.3 Å². The van der Waals surface area contributed by atoms with Gasteiger partial charge in [-0.3, -0.25) is 9.69 Å². The normalized spacial score (nSPS) is 16.8. The molecule has 218 valence electrons. The highest BCUT2D eigenvalue weighted by Gasteiger charge is 2.38. The fourth-order valence-corrected chi connectivity index (χ4v) is 4.55. The molecule has 2 fully saturated rings. The Morgan fingerprint density at radius 1 is 1.00 bits per heavy atom. The van der Waals surface area contributed by atoms with Crippen LogP contribution in [0.25, 0.3) is 0 Å². The van der Waals surface area contributed by atoms with Crippen LogP contribution in [0.4, 0.5) is 8.78 Å². The van der Waals surface area contributed by atoms with Crippen LogP contribution < -0.4 is 4.74 Å². The SMILES string of the molecule is CN(CCCC1(c2ccc(F)cc2)OCCO1)CC(=O)N1CCC(Oc2ccccc2F)CC1.O=C(O)C(=O)O. The molecule has 40 heavy (non-hydrogen) atoms. The zero-order valence-electron chi connectivity index (χ0n) is 22.3. The van der Waals surface area contributed by atoms with E-state index >= 15 is 0 Å². The van der Waals surface area contributed by atoms with Crippen molar-refractivity contribution in [2.75, 3.05) is 46.4 Å². The van der Waals surface area contributed by atoms with E-state index in [1.165, 1.54) is 18.2 Å². The Morgan fingerprint density at radius 3 is 2.17 bits per heavy atom. The van der Waals surface area contributed by atoms with Crippen molar-refractivity contribution in [3.63, 3.8) is 0 Å². The summed E-state index contributed by atoms with van der Waals surface area (Å²) in [4.78, 5) is 34.8. The minimum atomic E-state index is -1.82. The van der Waals surface area contributed by atoms with E-state index in [2.05, 4.69) is 0 Å². The standard InChI is InChI=1S/C26H32F2N2O4.C2H2O4/c1-29(14-4-13-26(32-17-18-33-26)20-7-9-21(27)10-8-20)19-25(31)30-15-11-22(12-16-30)34-24-6-3-2-5-23(24)28;3-1(4)2(5)6/h2-3,5-10,22H,4,11-19H2,1H3;(H,3,4)(H,5,6). The number of para-hydroxylation sites is 1. The van der Waals surface area contributed by atoms with Gasteiger partial charge in [-0.25, -0.2) is 18.4 Å². The van der Waals surface area contributed by atoms with Crippen molar-refractivity contribution in [1.29, 1.82) is 0 Å². The topological polar surface area (TPSA) is 126 Å². The van der Waals surface area contributed by atoms with Crippen LogP contribution in [0.3, 0.4) is 0 Å². The van der Waals surface area contributed by atoms with Crippen LogP contribution >= 0.6 is 0 Å². The van der Waals surface area contributed by atoms with Crippen molar-refractivity contribution >= 4 is 17.8 Å². The van der Waals surface area contributed by atoms with Crippen LogP contribution in [0.1, 0.15) is 31.2 Å². The van der Waals surface area contributed by atoms with Gasteiger partial charge in [0.1, 0.15) is 11.9 Å². The third-order valence-corrected chi connectivity index (χ3v) is 6.60. The maximum absolute atomic E-state index is 13.8. The van der Waals surface area contributed by atoms with Crippen LogP contribution in [0.15, 0.2) is 48.5 Å². The summed E-state index contributed by atoms with van der Waals surface area (Å²) in [6.07, 6.45) is 2.65. The number of halogens is 2. The highest BCUT2D eigenvalue weighted by molar-refractivity contribution is 6.27. The third kappa shape index (κ3) is 8.97. The number of carbonyl (C=O) groups is 3. The highest BCUT2D eigenvalue weighted by atomic mass is 19.1. The number of benzene rings is 2. The van der Waals surface area contributed by atoms with E-state index in [-0.39, 0.29) is 29.4 Å². The molecule has 10 nitrogen and oxygen atoms in total. The van der Waals surface area contributed by atoms with Gasteiger partial charge >= 0.3 is 11.9 Å². The number of carboxylic acids is 2. The number of piperidine rings is 1. The van der Waals surface area contributed by atoms with Gasteiger partial charge in [-0.15, -0.1) is 0 Å². The third-order valence-electron chi connectivity index (χ3n) is 6.60. The number of amides is 1. The van der Waals surface area contributed by atoms with Crippen molar-refractivity contribution in [3.8, 4) is 5.75 Å². The van der Waals surface area contributed by atoms with E-state index in [0.717, 1.165) is 12.0 Å². The van der Waals surface area contributed by atoms with Crippen LogP contribution in [-0.2, 0) is 29.6 Å². The van der Waals surface area contributed by atoms with Crippen molar-refractivity contribution in [1.82, 2.24) is 9.80 Å². The van der Waals surface area contributed by atoms with Crippen LogP contribution in [0.5, 0.6) is 5.75 Å². The molecular weight excluding hydrogens is 530 g/mol. The highest BCUT2D eigenvalue weighted by Crippen LogP contribution is 2.36. The van der Waals surface area contributed by atoms with Crippen LogP contribution in [0.2, 0.25) is 0 Å². The number of carbonyl (C=O) groups excluding carboxylic acids is 1. The Morgan fingerprint density at radius 2 is 1.60 bits per heavy atom. The van der Waals surface area contributed by atoms with Gasteiger partial charge in [0.05, 0.1) is 19.8 Å². The largest absolute Gasteiger partial charge is 0.487 e. The van der Waals surface area contributed by atoms with E-state index in [1.807, 2.05) is 16.8 Å². The quantitative estimate of drug-likeness (QED) is 0.442. The fraction of sp³-hybridized carbons (Fsp3) is 0.464. The van der Waals surface area contributed by atoms with Crippen LogP contribution in [-0.4, -0.2) is 90.4 Å². The number of nitrogens with zero attached hydrogens (tertiary/aromatic N) is 2. The molecular formula is C28H34F2N2O8. The zero-order chi connectivity index (χ0) is 29.1. The lowest BCUT2D eigenvalue weighted by molar-refractivity contribution is -0.172. The van der Waals surface area contributed by atoms with Gasteiger partial charge < -0.3 is 29.3 Å². The smallest absolute Gasteiger partial charge is 0.414 e. The first-order chi connectivity index (χ1) is 19.1. The number of hydrogen-bond donors (Lipinski definition) is 2. The molecule has 2 heterocycles. The molecule has 2 N–H and O–H groups in total. The van der Waals surface area contributed by atoms with Gasteiger partial charge in [0.25, 0.3) is 0 Å². The summed E-state index contributed by atoms with van der Waals surface area (Å²) in [5, 5.41) is 14.8. The molecule has 0 unspecified atom stereocenters. The summed E-state index contributed by atoms with van der Waals surface area (Å²) in [5.74, 6) is -4.81. The second-order valence-corrected chi connectivity index (χ2v) is 9.54. The number of rotatable bonds is 9. The number of ether oxygens (including phenoxy) is 3. The first-order valence-corrected chi connectivity index (χ1v) is 13.0. The van der Waals surface area contributed by atoms with Crippen molar-refractivity contribution in [3.05, 3.63) is 65.7 Å². The molecule has 2 saturated heterocycles. The Hall–Kier alpha value is -3.61. The fourth-order valence-electron chi connectivity index (χ4n) is 4.55. The number of carboxylic acid groups (broad SMARTS) is 2. The molecule has 0 atom stereocenters. The molecule has 2 aromatic rings. The molecule has 0 saturated carbocycles. The molecule has 0 radical (unpaired) electrons. The number of likely N-dealkylation sites (N-methyl/N-ethyl adjacent to an activating group) is 1. The van der Waals surface area contributed by atoms with Gasteiger partial charge in [0.2, 0.25) is 5.91 Å². The van der Waals surface area contributed by atoms with E-state index in [1.54, 1.807) is 30.3 Å². The summed E-state index contributed by atoms with van der Waals surface area (Å²) >= 11 is 0. The Balaban J connectivity index is 0.000000663. The van der Waals surface area contributed by atoms with E-state index in [9.17, 15) is 13.6 Å². The molecule has 2 aromatic carbocycles. The average Bonchev–Trinajstić information content (AvgIpc) is 3.41. The van der Waals surface area contributed by atoms with E-state index < -0.39 is 17.7 Å². The van der Waals surface area contributed by atoms with Gasteiger partial charge in [0, 0.05) is 37.9 Å². The monoisotopic (exact) mass is 564 g/mol. The number of likely N-dealkylation sites (tertiary alicyclic amines) is 1. The first-order valence-electron chi connectivity index (χ1n) is 13.0. The van der Waals surface area contributed by atoms with E-state index in [4.69, 9.17) is 34.0 Å². The Labute approximate surface area is 231 Å². The average molecular weight is 565 g/mol. The zero-order valence-corrected chi connectivity index (χ0v) is 22.3. The van der Waals surface area contributed by atoms with Crippen molar-refractivity contribution < 1.29 is 47.6 Å². The lowest BCUT2D eigenvalue weighted by Crippen LogP contribution is -2.45. The maximum atomic E-state index is 13.8. The predicted molar refractivity (Wildman–Crippen MR) is 139 cm³/mol. The van der Waals surface area contributed by atoms with Crippen LogP contribution in [0, 0.1) is 11.6 Å². The number of aliphatic carboxylic acids is 2. The minimum Gasteiger partial charge on any atom is -0.487 e. The minimum absolute atomic E-state index is 0.0773. The summed E-state index contributed by atoms with van der Waals surface area (Å²) in [7, 11) is 1.92. The second-order valence-electron chi connectivity index (χ2n) is 9.54. The summed E-state index contributed by atoms with van der Waals surface area (Å²) in [6, 6.07) is 12.6.